The van der Waals surface area contributed by atoms with E-state index in [1.54, 1.807) is 11.4 Å². The molecule has 0 aliphatic carbocycles. The van der Waals surface area contributed by atoms with Crippen LogP contribution in [-0.4, -0.2) is 56.7 Å². The van der Waals surface area contributed by atoms with Gasteiger partial charge < -0.3 is 30.4 Å². The molecular formula is C18H24ClN4O5S2+. The van der Waals surface area contributed by atoms with Crippen LogP contribution >= 0.6 is 34.7 Å². The van der Waals surface area contributed by atoms with E-state index in [1.807, 2.05) is 19.1 Å². The zero-order valence-corrected chi connectivity index (χ0v) is 18.4. The molecule has 2 heterocycles. The SMILES string of the molecule is Cc1ccc(S[C@H]2OC(CO)[C@H](O)C(N/C=C(\N[NH3+])c3csc(=O)[nH]3)C2O)cc1Cl. The lowest BCUT2D eigenvalue weighted by molar-refractivity contribution is -0.423. The maximum absolute atomic E-state index is 11.4. The highest BCUT2D eigenvalue weighted by Gasteiger charge is 2.44. The van der Waals surface area contributed by atoms with E-state index in [9.17, 15) is 20.1 Å². The number of aromatic amines is 1. The molecule has 0 bridgehead atoms. The fourth-order valence-electron chi connectivity index (χ4n) is 2.98. The third-order valence-corrected chi connectivity index (χ3v) is 6.93. The quantitative estimate of drug-likeness (QED) is 0.268. The zero-order chi connectivity index (χ0) is 21.8. The van der Waals surface area contributed by atoms with Crippen LogP contribution in [0.5, 0.6) is 0 Å². The molecule has 3 unspecified atom stereocenters. The highest BCUT2D eigenvalue weighted by Crippen LogP contribution is 2.35. The molecule has 5 atom stereocenters. The number of hydrogen-bond acceptors (Lipinski definition) is 9. The molecule has 2 aromatic rings. The van der Waals surface area contributed by atoms with Crippen molar-refractivity contribution in [3.8, 4) is 0 Å². The summed E-state index contributed by atoms with van der Waals surface area (Å²) in [5.74, 6) is 3.61. The van der Waals surface area contributed by atoms with Gasteiger partial charge in [-0.2, -0.15) is 0 Å². The summed E-state index contributed by atoms with van der Waals surface area (Å²) in [6.07, 6.45) is -1.68. The van der Waals surface area contributed by atoms with Crippen molar-refractivity contribution in [3.05, 3.63) is 55.7 Å². The summed E-state index contributed by atoms with van der Waals surface area (Å²) in [5.41, 5.74) is 3.87. The van der Waals surface area contributed by atoms with Gasteiger partial charge in [-0.3, -0.25) is 10.6 Å². The van der Waals surface area contributed by atoms with Gasteiger partial charge in [0.2, 0.25) is 0 Å². The second-order valence-electron chi connectivity index (χ2n) is 6.72. The summed E-state index contributed by atoms with van der Waals surface area (Å²) in [6, 6.07) is 4.66. The van der Waals surface area contributed by atoms with Crippen molar-refractivity contribution in [2.75, 3.05) is 6.61 Å². The Morgan fingerprint density at radius 1 is 1.43 bits per heavy atom. The average molecular weight is 476 g/mol. The predicted molar refractivity (Wildman–Crippen MR) is 116 cm³/mol. The number of hydrogen-bond donors (Lipinski definition) is 7. The molecule has 1 aromatic carbocycles. The van der Waals surface area contributed by atoms with E-state index in [4.69, 9.17) is 16.3 Å². The van der Waals surface area contributed by atoms with Gasteiger partial charge in [-0.15, -0.1) is 0 Å². The van der Waals surface area contributed by atoms with Crippen LogP contribution in [0.15, 0.2) is 39.5 Å². The van der Waals surface area contributed by atoms with Crippen LogP contribution in [0, 0.1) is 6.92 Å². The number of aliphatic hydroxyl groups excluding tert-OH is 3. The van der Waals surface area contributed by atoms with E-state index in [-0.39, 0.29) is 4.87 Å². The van der Waals surface area contributed by atoms with Crippen molar-refractivity contribution in [2.45, 2.75) is 41.6 Å². The number of benzene rings is 1. The van der Waals surface area contributed by atoms with E-state index >= 15 is 0 Å². The van der Waals surface area contributed by atoms with Crippen molar-refractivity contribution >= 4 is 40.4 Å². The Balaban J connectivity index is 1.80. The molecule has 3 rings (SSSR count). The summed E-state index contributed by atoms with van der Waals surface area (Å²) < 4.78 is 5.72. The van der Waals surface area contributed by atoms with Crippen LogP contribution in [-0.2, 0) is 4.74 Å². The Hall–Kier alpha value is -1.57. The van der Waals surface area contributed by atoms with Gasteiger partial charge in [-0.1, -0.05) is 40.8 Å². The first kappa shape index (κ1) is 23.1. The van der Waals surface area contributed by atoms with Crippen LogP contribution in [0.2, 0.25) is 5.02 Å². The minimum atomic E-state index is -1.17. The third kappa shape index (κ3) is 5.18. The van der Waals surface area contributed by atoms with Crippen LogP contribution in [0.25, 0.3) is 5.70 Å². The first-order valence-electron chi connectivity index (χ1n) is 9.06. The number of aryl methyl sites for hydroxylation is 1. The third-order valence-electron chi connectivity index (χ3n) is 4.70. The number of thioether (sulfide) groups is 1. The number of aliphatic hydroxyl groups is 3. The van der Waals surface area contributed by atoms with Crippen molar-refractivity contribution < 1.29 is 25.9 Å². The number of aromatic nitrogens is 1. The van der Waals surface area contributed by atoms with Gasteiger partial charge in [0.15, 0.2) is 0 Å². The van der Waals surface area contributed by atoms with Gasteiger partial charge in [-0.25, -0.2) is 5.43 Å². The smallest absolute Gasteiger partial charge is 0.304 e. The topological polar surface area (TPSA) is 154 Å². The van der Waals surface area contributed by atoms with E-state index < -0.39 is 36.4 Å². The molecule has 1 aromatic heterocycles. The highest BCUT2D eigenvalue weighted by molar-refractivity contribution is 7.99. The Bertz CT molecular complexity index is 953. The summed E-state index contributed by atoms with van der Waals surface area (Å²) in [4.78, 5) is 14.6. The monoisotopic (exact) mass is 475 g/mol. The molecule has 9 N–H and O–H groups in total. The molecule has 0 amide bonds. The molecule has 0 saturated carbocycles. The number of rotatable bonds is 7. The molecular weight excluding hydrogens is 452 g/mol. The lowest BCUT2D eigenvalue weighted by atomic mass is 9.97. The van der Waals surface area contributed by atoms with Gasteiger partial charge in [0.1, 0.15) is 29.4 Å². The van der Waals surface area contributed by atoms with E-state index in [1.165, 1.54) is 18.0 Å². The minimum absolute atomic E-state index is 0.217. The first-order chi connectivity index (χ1) is 14.3. The van der Waals surface area contributed by atoms with Crippen molar-refractivity contribution in [1.29, 1.82) is 0 Å². The Kier molecular flexibility index (Phi) is 7.82. The molecule has 9 nitrogen and oxygen atoms in total. The maximum Gasteiger partial charge on any atom is 0.304 e. The van der Waals surface area contributed by atoms with Gasteiger partial charge in [0, 0.05) is 21.5 Å². The second-order valence-corrected chi connectivity index (χ2v) is 9.15. The normalized spacial score (nSPS) is 27.1. The molecule has 1 aliphatic rings. The largest absolute Gasteiger partial charge is 0.394 e. The summed E-state index contributed by atoms with van der Waals surface area (Å²) in [6.45, 7) is 1.47. The molecule has 1 saturated heterocycles. The van der Waals surface area contributed by atoms with E-state index in [0.29, 0.717) is 16.4 Å². The molecule has 12 heteroatoms. The summed E-state index contributed by atoms with van der Waals surface area (Å²) >= 11 is 8.43. The molecule has 30 heavy (non-hydrogen) atoms. The Morgan fingerprint density at radius 3 is 2.80 bits per heavy atom. The summed E-state index contributed by atoms with van der Waals surface area (Å²) in [7, 11) is 0. The van der Waals surface area contributed by atoms with Crippen molar-refractivity contribution in [3.63, 3.8) is 0 Å². The molecule has 0 radical (unpaired) electrons. The Labute approximate surface area is 185 Å². The maximum atomic E-state index is 11.4. The molecule has 164 valence electrons. The molecule has 1 fully saturated rings. The number of thiazole rings is 1. The number of halogens is 1. The highest BCUT2D eigenvalue weighted by atomic mass is 35.5. The van der Waals surface area contributed by atoms with Gasteiger partial charge in [0.25, 0.3) is 0 Å². The number of ether oxygens (including phenoxy) is 1. The van der Waals surface area contributed by atoms with Gasteiger partial charge in [0.05, 0.1) is 18.3 Å². The van der Waals surface area contributed by atoms with Crippen LogP contribution in [0.1, 0.15) is 11.3 Å². The van der Waals surface area contributed by atoms with Crippen molar-refractivity contribution in [1.82, 2.24) is 15.7 Å². The van der Waals surface area contributed by atoms with E-state index in [2.05, 4.69) is 21.6 Å². The van der Waals surface area contributed by atoms with Crippen LogP contribution < -0.4 is 21.5 Å². The summed E-state index contributed by atoms with van der Waals surface area (Å²) in [5, 5.41) is 36.2. The zero-order valence-electron chi connectivity index (χ0n) is 16.0. The standard InChI is InChI=1S/C18H23ClN4O5S2/c1-8-2-3-9(4-10(8)19)30-17-16(26)14(15(25)13(6-24)28-17)21-5-11(23-20)12-7-29-18(27)22-12/h2-5,7,13-17,21,23-26H,6,20H2,1H3,(H,22,27)/p+1/b11-5-/t13?,14?,15-,16?,17+/m0/s1. The van der Waals surface area contributed by atoms with Crippen molar-refractivity contribution in [2.24, 2.45) is 0 Å². The van der Waals surface area contributed by atoms with Crippen LogP contribution in [0.3, 0.4) is 0 Å². The Morgan fingerprint density at radius 2 is 2.20 bits per heavy atom. The van der Waals surface area contributed by atoms with Gasteiger partial charge in [-0.05, 0) is 24.6 Å². The first-order valence-corrected chi connectivity index (χ1v) is 11.2. The predicted octanol–water partition coefficient (Wildman–Crippen LogP) is -0.367. The average Bonchev–Trinajstić information content (AvgIpc) is 3.15. The lowest BCUT2D eigenvalue weighted by Crippen LogP contribution is -2.64. The lowest BCUT2D eigenvalue weighted by Gasteiger charge is -2.42. The van der Waals surface area contributed by atoms with Crippen LogP contribution in [0.4, 0.5) is 0 Å². The van der Waals surface area contributed by atoms with Gasteiger partial charge >= 0.3 is 4.87 Å². The molecule has 1 aliphatic heterocycles. The fraction of sp³-hybridized carbons (Fsp3) is 0.389. The number of nitrogens with one attached hydrogen (secondary N) is 3. The molecule has 0 spiro atoms. The fourth-order valence-corrected chi connectivity index (χ4v) is 4.91. The second kappa shape index (κ2) is 10.2. The van der Waals surface area contributed by atoms with E-state index in [0.717, 1.165) is 21.8 Å². The minimum Gasteiger partial charge on any atom is -0.394 e. The number of H-pyrrole nitrogens is 1. The number of quaternary nitrogens is 1.